The van der Waals surface area contributed by atoms with Crippen LogP contribution in [0.2, 0.25) is 0 Å². The van der Waals surface area contributed by atoms with Crippen molar-refractivity contribution in [2.75, 3.05) is 0 Å². The third kappa shape index (κ3) is 1.64. The Balaban J connectivity index is 3.88. The molecule has 0 atom stereocenters. The van der Waals surface area contributed by atoms with Crippen LogP contribution in [0.5, 0.6) is 0 Å². The Hall–Kier alpha value is -0.990. The van der Waals surface area contributed by atoms with Crippen molar-refractivity contribution in [2.24, 2.45) is 5.92 Å². The van der Waals surface area contributed by atoms with Gasteiger partial charge >= 0.3 is 0 Å². The molecule has 0 aliphatic carbocycles. The molecule has 0 aliphatic rings. The van der Waals surface area contributed by atoms with E-state index in [1.165, 1.54) is 6.92 Å². The van der Waals surface area contributed by atoms with Crippen LogP contribution in [0, 0.1) is 16.7 Å². The molecule has 2 N–H and O–H groups in total. The van der Waals surface area contributed by atoms with E-state index in [9.17, 15) is 4.79 Å². The van der Waals surface area contributed by atoms with Crippen molar-refractivity contribution >= 4 is 18.2 Å². The molecule has 0 aromatic rings. The molecule has 0 aromatic carbocycles. The van der Waals surface area contributed by atoms with Gasteiger partial charge in [0.2, 0.25) is 0 Å². The summed E-state index contributed by atoms with van der Waals surface area (Å²) < 4.78 is 0. The van der Waals surface area contributed by atoms with Gasteiger partial charge in [-0.3, -0.25) is 4.79 Å². The zero-order valence-electron chi connectivity index (χ0n) is 4.64. The van der Waals surface area contributed by atoms with Gasteiger partial charge in [-0.25, -0.2) is 0 Å². The highest BCUT2D eigenvalue weighted by Gasteiger charge is 2.04. The summed E-state index contributed by atoms with van der Waals surface area (Å²) >= 11 is 0. The third-order valence-electron chi connectivity index (χ3n) is 0.829. The summed E-state index contributed by atoms with van der Waals surface area (Å²) in [5.41, 5.74) is 0. The molecule has 0 aliphatic heterocycles. The number of hydrogen-bond donors (Lipinski definition) is 2. The number of carbonyl (C=O) groups is 1. The van der Waals surface area contributed by atoms with E-state index >= 15 is 0 Å². The van der Waals surface area contributed by atoms with E-state index in [1.807, 2.05) is 0 Å². The lowest BCUT2D eigenvalue weighted by atomic mass is 10.1. The van der Waals surface area contributed by atoms with Gasteiger partial charge in [0, 0.05) is 12.4 Å². The maximum absolute atomic E-state index is 10.3. The summed E-state index contributed by atoms with van der Waals surface area (Å²) in [6, 6.07) is 0. The monoisotopic (exact) mass is 112 g/mol. The Morgan fingerprint density at radius 1 is 1.50 bits per heavy atom. The van der Waals surface area contributed by atoms with Gasteiger partial charge in [-0.1, -0.05) is 0 Å². The lowest BCUT2D eigenvalue weighted by Gasteiger charge is -1.93. The fourth-order valence-corrected chi connectivity index (χ4v) is 0.283. The third-order valence-corrected chi connectivity index (χ3v) is 0.829. The van der Waals surface area contributed by atoms with E-state index in [0.717, 1.165) is 12.4 Å². The largest absolute Gasteiger partial charge is 0.312 e. The summed E-state index contributed by atoms with van der Waals surface area (Å²) in [6.45, 7) is 1.36. The van der Waals surface area contributed by atoms with Crippen LogP contribution in [-0.2, 0) is 4.79 Å². The fraction of sp³-hybridized carbons (Fsp3) is 0.400. The highest BCUT2D eigenvalue weighted by atomic mass is 16.1. The number of Topliss-reactive ketones (excluding diaryl/α,β-unsaturated/α-hetero) is 1. The normalized spacial score (nSPS) is 12.1. The van der Waals surface area contributed by atoms with Crippen molar-refractivity contribution in [3.05, 3.63) is 0 Å². The topological polar surface area (TPSA) is 64.8 Å². The van der Waals surface area contributed by atoms with Crippen LogP contribution >= 0.6 is 0 Å². The summed E-state index contributed by atoms with van der Waals surface area (Å²) in [6.07, 6.45) is 1.91. The molecule has 0 spiro atoms. The minimum Gasteiger partial charge on any atom is -0.312 e. The van der Waals surface area contributed by atoms with Crippen LogP contribution in [0.15, 0.2) is 0 Å². The molecule has 0 radical (unpaired) electrons. The Labute approximate surface area is 47.7 Å². The molecule has 8 heavy (non-hydrogen) atoms. The van der Waals surface area contributed by atoms with E-state index < -0.39 is 5.92 Å². The van der Waals surface area contributed by atoms with E-state index in [-0.39, 0.29) is 5.78 Å². The minimum atomic E-state index is -0.602. The Morgan fingerprint density at radius 2 is 1.88 bits per heavy atom. The summed E-state index contributed by atoms with van der Waals surface area (Å²) in [5.74, 6) is -0.759. The SMILES string of the molecule is CC(=O)C(C=N)C=N. The number of nitrogens with one attached hydrogen (secondary N) is 2. The molecule has 0 fully saturated rings. The molecular formula is C5H8N2O. The zero-order valence-corrected chi connectivity index (χ0v) is 4.64. The van der Waals surface area contributed by atoms with Gasteiger partial charge in [-0.2, -0.15) is 0 Å². The first-order valence-electron chi connectivity index (χ1n) is 2.24. The first-order chi connectivity index (χ1) is 3.72. The van der Waals surface area contributed by atoms with Crippen LogP contribution < -0.4 is 0 Å². The molecule has 0 aromatic heterocycles. The number of hydrogen-bond acceptors (Lipinski definition) is 3. The molecule has 0 heterocycles. The van der Waals surface area contributed by atoms with Crippen LogP contribution in [-0.4, -0.2) is 18.2 Å². The molecule has 0 bridgehead atoms. The Morgan fingerprint density at radius 3 is 1.88 bits per heavy atom. The highest BCUT2D eigenvalue weighted by Crippen LogP contribution is 1.86. The average molecular weight is 112 g/mol. The number of carbonyl (C=O) groups excluding carboxylic acids is 1. The minimum absolute atomic E-state index is 0.157. The van der Waals surface area contributed by atoms with Gasteiger partial charge in [-0.05, 0) is 6.92 Å². The molecular weight excluding hydrogens is 104 g/mol. The van der Waals surface area contributed by atoms with Gasteiger partial charge in [0.15, 0.2) is 0 Å². The molecule has 3 nitrogen and oxygen atoms in total. The summed E-state index contributed by atoms with van der Waals surface area (Å²) in [7, 11) is 0. The number of rotatable bonds is 3. The van der Waals surface area contributed by atoms with E-state index in [1.54, 1.807) is 0 Å². The van der Waals surface area contributed by atoms with E-state index in [0.29, 0.717) is 0 Å². The van der Waals surface area contributed by atoms with Gasteiger partial charge in [0.25, 0.3) is 0 Å². The van der Waals surface area contributed by atoms with Crippen molar-refractivity contribution in [3.63, 3.8) is 0 Å². The van der Waals surface area contributed by atoms with Crippen LogP contribution in [0.25, 0.3) is 0 Å². The first-order valence-corrected chi connectivity index (χ1v) is 2.24. The molecule has 44 valence electrons. The molecule has 0 rings (SSSR count). The molecule has 3 heteroatoms. The van der Waals surface area contributed by atoms with Crippen molar-refractivity contribution in [1.29, 1.82) is 10.8 Å². The van der Waals surface area contributed by atoms with E-state index in [2.05, 4.69) is 0 Å². The summed E-state index contributed by atoms with van der Waals surface area (Å²) in [4.78, 5) is 10.3. The number of ketones is 1. The smallest absolute Gasteiger partial charge is 0.143 e. The maximum Gasteiger partial charge on any atom is 0.143 e. The quantitative estimate of drug-likeness (QED) is 0.513. The predicted molar refractivity (Wildman–Crippen MR) is 31.7 cm³/mol. The van der Waals surface area contributed by atoms with Gasteiger partial charge in [-0.15, -0.1) is 0 Å². The highest BCUT2D eigenvalue weighted by molar-refractivity contribution is 6.06. The van der Waals surface area contributed by atoms with Crippen molar-refractivity contribution < 1.29 is 4.79 Å². The van der Waals surface area contributed by atoms with E-state index in [4.69, 9.17) is 10.8 Å². The van der Waals surface area contributed by atoms with Crippen LogP contribution in [0.1, 0.15) is 6.92 Å². The second kappa shape index (κ2) is 3.07. The predicted octanol–water partition coefficient (Wildman–Crippen LogP) is 0.491. The molecule has 0 saturated carbocycles. The van der Waals surface area contributed by atoms with Crippen molar-refractivity contribution in [3.8, 4) is 0 Å². The lowest BCUT2D eigenvalue weighted by molar-refractivity contribution is -0.117. The fourth-order valence-electron chi connectivity index (χ4n) is 0.283. The molecule has 0 saturated heterocycles. The second-order valence-electron chi connectivity index (χ2n) is 1.47. The first kappa shape index (κ1) is 7.01. The van der Waals surface area contributed by atoms with Gasteiger partial charge < -0.3 is 10.8 Å². The molecule has 0 unspecified atom stereocenters. The Bertz CT molecular complexity index is 112. The second-order valence-corrected chi connectivity index (χ2v) is 1.47. The lowest BCUT2D eigenvalue weighted by Crippen LogP contribution is -2.12. The standard InChI is InChI=1S/C5H8N2O/c1-4(8)5(2-6)3-7/h2-3,5-7H,1H3. The average Bonchev–Trinajstić information content (AvgIpc) is 1.69. The van der Waals surface area contributed by atoms with Crippen LogP contribution in [0.3, 0.4) is 0 Å². The van der Waals surface area contributed by atoms with Crippen molar-refractivity contribution in [1.82, 2.24) is 0 Å². The van der Waals surface area contributed by atoms with Crippen LogP contribution in [0.4, 0.5) is 0 Å². The Kier molecular flexibility index (Phi) is 2.69. The zero-order chi connectivity index (χ0) is 6.57. The van der Waals surface area contributed by atoms with Crippen molar-refractivity contribution in [2.45, 2.75) is 6.92 Å². The van der Waals surface area contributed by atoms with Gasteiger partial charge in [0.1, 0.15) is 5.78 Å². The van der Waals surface area contributed by atoms with Gasteiger partial charge in [0.05, 0.1) is 5.92 Å². The summed E-state index contributed by atoms with van der Waals surface area (Å²) in [5, 5.41) is 13.2. The molecule has 0 amide bonds. The maximum atomic E-state index is 10.3.